The van der Waals surface area contributed by atoms with Crippen LogP contribution in [0.1, 0.15) is 16.7 Å². The first-order valence-electron chi connectivity index (χ1n) is 10.4. The summed E-state index contributed by atoms with van der Waals surface area (Å²) in [6.07, 6.45) is 0.975. The average Bonchev–Trinajstić information content (AvgIpc) is 3.16. The number of aromatic nitrogens is 1. The van der Waals surface area contributed by atoms with E-state index in [1.54, 1.807) is 12.3 Å². The van der Waals surface area contributed by atoms with E-state index < -0.39 is 6.16 Å². The fourth-order valence-corrected chi connectivity index (χ4v) is 4.02. The number of pyridine rings is 1. The maximum absolute atomic E-state index is 14.9. The van der Waals surface area contributed by atoms with Gasteiger partial charge in [0.05, 0.1) is 5.56 Å². The van der Waals surface area contributed by atoms with Gasteiger partial charge in [-0.05, 0) is 47.4 Å². The normalized spacial score (nSPS) is 14.4. The Morgan fingerprint density at radius 3 is 2.66 bits per heavy atom. The second-order valence-corrected chi connectivity index (χ2v) is 8.03. The molecule has 0 atom stereocenters. The van der Waals surface area contributed by atoms with E-state index in [4.69, 9.17) is 14.3 Å². The van der Waals surface area contributed by atoms with Gasteiger partial charge >= 0.3 is 6.16 Å². The van der Waals surface area contributed by atoms with Crippen LogP contribution in [0.25, 0.3) is 22.4 Å². The number of ether oxygens (including phenoxy) is 1. The average molecular weight is 432 g/mol. The van der Waals surface area contributed by atoms with E-state index in [2.05, 4.69) is 17.1 Å². The number of carboxylic acid groups (broad SMARTS) is 1. The summed E-state index contributed by atoms with van der Waals surface area (Å²) >= 11 is 0. The molecule has 3 heterocycles. The minimum absolute atomic E-state index is 0.313. The Kier molecular flexibility index (Phi) is 5.33. The lowest BCUT2D eigenvalue weighted by molar-refractivity contribution is -0.0363. The minimum Gasteiger partial charge on any atom is -0.450 e. The van der Waals surface area contributed by atoms with E-state index in [9.17, 15) is 9.18 Å². The highest BCUT2D eigenvalue weighted by atomic mass is 19.1. The van der Waals surface area contributed by atoms with Gasteiger partial charge in [-0.25, -0.2) is 14.2 Å². The molecule has 1 N–H and O–H groups in total. The van der Waals surface area contributed by atoms with E-state index in [1.807, 2.05) is 41.3 Å². The summed E-state index contributed by atoms with van der Waals surface area (Å²) < 4.78 is 25.4. The second-order valence-electron chi connectivity index (χ2n) is 8.03. The van der Waals surface area contributed by atoms with Crippen LogP contribution in [0.2, 0.25) is 0 Å². The third kappa shape index (κ3) is 4.33. The predicted molar refractivity (Wildman–Crippen MR) is 117 cm³/mol. The number of likely N-dealkylation sites (tertiary alicyclic amines) is 1. The largest absolute Gasteiger partial charge is 0.506 e. The van der Waals surface area contributed by atoms with Crippen LogP contribution in [0.15, 0.2) is 71.3 Å². The molecular weight excluding hydrogens is 411 g/mol. The van der Waals surface area contributed by atoms with Crippen molar-refractivity contribution in [1.82, 2.24) is 9.88 Å². The minimum atomic E-state index is -1.27. The molecule has 1 aliphatic heterocycles. The zero-order chi connectivity index (χ0) is 22.1. The van der Waals surface area contributed by atoms with E-state index in [1.165, 1.54) is 11.6 Å². The molecule has 0 aliphatic carbocycles. The van der Waals surface area contributed by atoms with Crippen molar-refractivity contribution in [3.05, 3.63) is 89.4 Å². The van der Waals surface area contributed by atoms with Crippen molar-refractivity contribution in [2.75, 3.05) is 13.1 Å². The first-order chi connectivity index (χ1) is 15.5. The monoisotopic (exact) mass is 432 g/mol. The van der Waals surface area contributed by atoms with Gasteiger partial charge in [-0.15, -0.1) is 0 Å². The Labute approximate surface area is 183 Å². The van der Waals surface area contributed by atoms with Crippen LogP contribution in [0.3, 0.4) is 0 Å². The van der Waals surface area contributed by atoms with Crippen molar-refractivity contribution in [1.29, 1.82) is 0 Å². The molecule has 0 spiro atoms. The zero-order valence-electron chi connectivity index (χ0n) is 17.2. The van der Waals surface area contributed by atoms with E-state index in [-0.39, 0.29) is 11.9 Å². The number of hydrogen-bond donors (Lipinski definition) is 1. The van der Waals surface area contributed by atoms with Crippen LogP contribution in [0.5, 0.6) is 0 Å². The first-order valence-corrected chi connectivity index (χ1v) is 10.4. The molecule has 1 aliphatic rings. The van der Waals surface area contributed by atoms with Crippen LogP contribution < -0.4 is 0 Å². The summed E-state index contributed by atoms with van der Waals surface area (Å²) in [5.41, 5.74) is 3.92. The standard InChI is InChI=1S/C25H21FN2O4/c26-22-10-17(13-28-14-20(15-28)31-25(29)30)6-7-21(22)23-11-19-9-18(12-27-24(19)32-23)8-16-4-2-1-3-5-16/h1-7,9-12,20H,8,13-15H2,(H,29,30). The molecule has 0 radical (unpaired) electrons. The number of fused-ring (bicyclic) bond motifs is 1. The lowest BCUT2D eigenvalue weighted by Gasteiger charge is -2.37. The smallest absolute Gasteiger partial charge is 0.450 e. The van der Waals surface area contributed by atoms with E-state index in [0.29, 0.717) is 36.7 Å². The first kappa shape index (κ1) is 20.2. The third-order valence-electron chi connectivity index (χ3n) is 5.58. The van der Waals surface area contributed by atoms with Crippen LogP contribution in [-0.2, 0) is 17.7 Å². The van der Waals surface area contributed by atoms with Gasteiger partial charge in [-0.2, -0.15) is 0 Å². The van der Waals surface area contributed by atoms with Gasteiger partial charge in [0.2, 0.25) is 5.71 Å². The molecule has 5 rings (SSSR count). The van der Waals surface area contributed by atoms with Gasteiger partial charge < -0.3 is 14.3 Å². The van der Waals surface area contributed by atoms with Crippen LogP contribution in [0.4, 0.5) is 9.18 Å². The van der Waals surface area contributed by atoms with Crippen LogP contribution >= 0.6 is 0 Å². The number of rotatable bonds is 6. The fraction of sp³-hybridized carbons (Fsp3) is 0.200. The van der Waals surface area contributed by atoms with E-state index >= 15 is 0 Å². The van der Waals surface area contributed by atoms with E-state index in [0.717, 1.165) is 22.9 Å². The zero-order valence-corrected chi connectivity index (χ0v) is 17.2. The Hall–Kier alpha value is -3.71. The number of carbonyl (C=O) groups is 1. The molecule has 0 amide bonds. The lowest BCUT2D eigenvalue weighted by Crippen LogP contribution is -2.52. The molecule has 0 saturated carbocycles. The molecule has 4 aromatic rings. The maximum Gasteiger partial charge on any atom is 0.506 e. The van der Waals surface area contributed by atoms with Gasteiger partial charge in [-0.1, -0.05) is 36.4 Å². The Bertz CT molecular complexity index is 1270. The van der Waals surface area contributed by atoms with Gasteiger partial charge in [0.15, 0.2) is 0 Å². The summed E-state index contributed by atoms with van der Waals surface area (Å²) in [5.74, 6) is 0.0669. The lowest BCUT2D eigenvalue weighted by atomic mass is 10.0. The quantitative estimate of drug-likeness (QED) is 0.427. The molecule has 6 nitrogen and oxygen atoms in total. The fourth-order valence-electron chi connectivity index (χ4n) is 4.02. The van der Waals surface area contributed by atoms with Crippen LogP contribution in [0, 0.1) is 5.82 Å². The topological polar surface area (TPSA) is 75.8 Å². The summed E-state index contributed by atoms with van der Waals surface area (Å²) in [4.78, 5) is 17.0. The molecule has 0 unspecified atom stereocenters. The van der Waals surface area contributed by atoms with Crippen molar-refractivity contribution in [3.63, 3.8) is 0 Å². The summed E-state index contributed by atoms with van der Waals surface area (Å²) in [6.45, 7) is 1.55. The van der Waals surface area contributed by atoms with Gasteiger partial charge in [0, 0.05) is 31.2 Å². The Balaban J connectivity index is 1.30. The maximum atomic E-state index is 14.9. The predicted octanol–water partition coefficient (Wildman–Crippen LogP) is 5.10. The number of nitrogens with zero attached hydrogens (tertiary/aromatic N) is 2. The van der Waals surface area contributed by atoms with Crippen molar-refractivity contribution in [2.24, 2.45) is 0 Å². The van der Waals surface area contributed by atoms with Gasteiger partial charge in [0.1, 0.15) is 17.7 Å². The molecule has 162 valence electrons. The molecule has 1 saturated heterocycles. The third-order valence-corrected chi connectivity index (χ3v) is 5.58. The molecule has 2 aromatic carbocycles. The Morgan fingerprint density at radius 1 is 1.09 bits per heavy atom. The molecule has 0 bridgehead atoms. The molecule has 7 heteroatoms. The van der Waals surface area contributed by atoms with Gasteiger partial charge in [-0.3, -0.25) is 4.90 Å². The highest BCUT2D eigenvalue weighted by Gasteiger charge is 2.30. The Morgan fingerprint density at radius 2 is 1.91 bits per heavy atom. The number of furan rings is 1. The van der Waals surface area contributed by atoms with Crippen molar-refractivity contribution < 1.29 is 23.4 Å². The molecule has 1 fully saturated rings. The van der Waals surface area contributed by atoms with Gasteiger partial charge in [0.25, 0.3) is 0 Å². The summed E-state index contributed by atoms with van der Waals surface area (Å²) in [6, 6.07) is 19.0. The second kappa shape index (κ2) is 8.43. The number of hydrogen-bond acceptors (Lipinski definition) is 5. The van der Waals surface area contributed by atoms with Crippen molar-refractivity contribution in [2.45, 2.75) is 19.1 Å². The SMILES string of the molecule is O=C(O)OC1CN(Cc2ccc(-c3cc4cc(Cc5ccccc5)cnc4o3)c(F)c2)C1. The molecular formula is C25H21FN2O4. The molecule has 32 heavy (non-hydrogen) atoms. The molecule has 2 aromatic heterocycles. The van der Waals surface area contributed by atoms with Crippen LogP contribution in [-0.4, -0.2) is 40.3 Å². The summed E-state index contributed by atoms with van der Waals surface area (Å²) in [5, 5.41) is 9.47. The number of halogens is 1. The number of benzene rings is 2. The summed E-state index contributed by atoms with van der Waals surface area (Å²) in [7, 11) is 0. The van der Waals surface area contributed by atoms with Crippen molar-refractivity contribution in [3.8, 4) is 11.3 Å². The highest BCUT2D eigenvalue weighted by Crippen LogP contribution is 2.30. The highest BCUT2D eigenvalue weighted by molar-refractivity contribution is 5.80. The van der Waals surface area contributed by atoms with Crippen molar-refractivity contribution >= 4 is 17.3 Å².